The second kappa shape index (κ2) is 5.78. The SMILES string of the molecule is O=C(Nc1cccc(Cl)c1)[C@@H]1C[C@H]1c1ccc2c(c1)OCCO2. The number of anilines is 1. The third-order valence-corrected chi connectivity index (χ3v) is 4.45. The molecule has 2 atom stereocenters. The predicted octanol–water partition coefficient (Wildman–Crippen LogP) is 3.85. The van der Waals surface area contributed by atoms with Crippen LogP contribution in [0.1, 0.15) is 17.9 Å². The van der Waals surface area contributed by atoms with Crippen molar-refractivity contribution in [3.05, 3.63) is 53.1 Å². The van der Waals surface area contributed by atoms with Gasteiger partial charge < -0.3 is 14.8 Å². The average Bonchev–Trinajstić information content (AvgIpc) is 3.35. The van der Waals surface area contributed by atoms with Crippen LogP contribution in [-0.4, -0.2) is 19.1 Å². The fraction of sp³-hybridized carbons (Fsp3) is 0.278. The maximum Gasteiger partial charge on any atom is 0.228 e. The Morgan fingerprint density at radius 3 is 2.74 bits per heavy atom. The van der Waals surface area contributed by atoms with E-state index in [0.29, 0.717) is 18.2 Å². The minimum absolute atomic E-state index is 0.00320. The van der Waals surface area contributed by atoms with E-state index in [-0.39, 0.29) is 17.7 Å². The van der Waals surface area contributed by atoms with E-state index in [1.54, 1.807) is 12.1 Å². The van der Waals surface area contributed by atoms with Crippen molar-refractivity contribution >= 4 is 23.2 Å². The van der Waals surface area contributed by atoms with Crippen molar-refractivity contribution in [1.29, 1.82) is 0 Å². The topological polar surface area (TPSA) is 47.6 Å². The fourth-order valence-electron chi connectivity index (χ4n) is 2.94. The molecule has 2 aliphatic rings. The molecule has 23 heavy (non-hydrogen) atoms. The summed E-state index contributed by atoms with van der Waals surface area (Å²) < 4.78 is 11.1. The summed E-state index contributed by atoms with van der Waals surface area (Å²) in [4.78, 5) is 12.3. The maximum atomic E-state index is 12.3. The number of fused-ring (bicyclic) bond motifs is 1. The van der Waals surface area contributed by atoms with Crippen LogP contribution in [0.2, 0.25) is 5.02 Å². The minimum Gasteiger partial charge on any atom is -0.486 e. The highest BCUT2D eigenvalue weighted by Crippen LogP contribution is 2.49. The molecule has 0 saturated heterocycles. The summed E-state index contributed by atoms with van der Waals surface area (Å²) in [5, 5.41) is 3.54. The molecule has 0 bridgehead atoms. The molecule has 0 aromatic heterocycles. The molecule has 0 spiro atoms. The molecule has 2 aromatic carbocycles. The van der Waals surface area contributed by atoms with Gasteiger partial charge in [-0.05, 0) is 48.2 Å². The molecule has 5 heteroatoms. The van der Waals surface area contributed by atoms with Gasteiger partial charge in [-0.2, -0.15) is 0 Å². The van der Waals surface area contributed by atoms with Crippen LogP contribution in [-0.2, 0) is 4.79 Å². The normalized spacial score (nSPS) is 21.6. The summed E-state index contributed by atoms with van der Waals surface area (Å²) in [5.74, 6) is 1.82. The van der Waals surface area contributed by atoms with Gasteiger partial charge >= 0.3 is 0 Å². The van der Waals surface area contributed by atoms with Gasteiger partial charge in [0.15, 0.2) is 11.5 Å². The molecule has 118 valence electrons. The molecular formula is C18H16ClNO3. The molecular weight excluding hydrogens is 314 g/mol. The van der Waals surface area contributed by atoms with Crippen molar-refractivity contribution in [3.8, 4) is 11.5 Å². The molecule has 1 saturated carbocycles. The zero-order valence-electron chi connectivity index (χ0n) is 12.4. The van der Waals surface area contributed by atoms with Gasteiger partial charge in [0.25, 0.3) is 0 Å². The molecule has 1 N–H and O–H groups in total. The van der Waals surface area contributed by atoms with E-state index >= 15 is 0 Å². The van der Waals surface area contributed by atoms with E-state index in [1.807, 2.05) is 30.3 Å². The number of rotatable bonds is 3. The average molecular weight is 330 g/mol. The number of nitrogens with one attached hydrogen (secondary N) is 1. The second-order valence-electron chi connectivity index (χ2n) is 5.85. The monoisotopic (exact) mass is 329 g/mol. The van der Waals surface area contributed by atoms with Gasteiger partial charge in [-0.3, -0.25) is 4.79 Å². The van der Waals surface area contributed by atoms with Crippen molar-refractivity contribution in [2.24, 2.45) is 5.92 Å². The van der Waals surface area contributed by atoms with E-state index < -0.39 is 0 Å². The number of hydrogen-bond donors (Lipinski definition) is 1. The van der Waals surface area contributed by atoms with E-state index in [9.17, 15) is 4.79 Å². The van der Waals surface area contributed by atoms with Crippen LogP contribution in [0.5, 0.6) is 11.5 Å². The first-order chi connectivity index (χ1) is 11.2. The Balaban J connectivity index is 1.44. The Morgan fingerprint density at radius 1 is 1.09 bits per heavy atom. The smallest absolute Gasteiger partial charge is 0.228 e. The zero-order valence-corrected chi connectivity index (χ0v) is 13.2. The quantitative estimate of drug-likeness (QED) is 0.930. The highest BCUT2D eigenvalue weighted by atomic mass is 35.5. The fourth-order valence-corrected chi connectivity index (χ4v) is 3.14. The first-order valence-electron chi connectivity index (χ1n) is 7.67. The molecule has 0 radical (unpaired) electrons. The number of halogens is 1. The van der Waals surface area contributed by atoms with Gasteiger partial charge in [0.2, 0.25) is 5.91 Å². The number of carbonyl (C=O) groups is 1. The van der Waals surface area contributed by atoms with Gasteiger partial charge in [-0.1, -0.05) is 23.7 Å². The van der Waals surface area contributed by atoms with Crippen LogP contribution >= 0.6 is 11.6 Å². The van der Waals surface area contributed by atoms with Crippen LogP contribution < -0.4 is 14.8 Å². The van der Waals surface area contributed by atoms with E-state index in [0.717, 1.165) is 29.2 Å². The molecule has 4 nitrogen and oxygen atoms in total. The van der Waals surface area contributed by atoms with Crippen LogP contribution in [0, 0.1) is 5.92 Å². The lowest BCUT2D eigenvalue weighted by atomic mass is 10.1. The first-order valence-corrected chi connectivity index (χ1v) is 8.04. The third-order valence-electron chi connectivity index (χ3n) is 4.21. The van der Waals surface area contributed by atoms with Crippen LogP contribution in [0.3, 0.4) is 0 Å². The van der Waals surface area contributed by atoms with Gasteiger partial charge in [0.1, 0.15) is 13.2 Å². The highest BCUT2D eigenvalue weighted by Gasteiger charge is 2.44. The maximum absolute atomic E-state index is 12.3. The first kappa shape index (κ1) is 14.4. The summed E-state index contributed by atoms with van der Waals surface area (Å²) in [6, 6.07) is 13.1. The number of amides is 1. The van der Waals surface area contributed by atoms with Gasteiger partial charge in [0, 0.05) is 16.6 Å². The lowest BCUT2D eigenvalue weighted by Crippen LogP contribution is -2.16. The molecule has 1 aliphatic carbocycles. The molecule has 1 amide bonds. The van der Waals surface area contributed by atoms with Crippen molar-refractivity contribution < 1.29 is 14.3 Å². The van der Waals surface area contributed by atoms with Gasteiger partial charge in [-0.15, -0.1) is 0 Å². The van der Waals surface area contributed by atoms with Crippen molar-refractivity contribution in [3.63, 3.8) is 0 Å². The van der Waals surface area contributed by atoms with E-state index in [2.05, 4.69) is 5.32 Å². The molecule has 1 fully saturated rings. The standard InChI is InChI=1S/C18H16ClNO3/c19-12-2-1-3-13(9-12)20-18(21)15-10-14(15)11-4-5-16-17(8-11)23-7-6-22-16/h1-5,8-9,14-15H,6-7,10H2,(H,20,21)/t14-,15+/m0/s1. The summed E-state index contributed by atoms with van der Waals surface area (Å²) in [7, 11) is 0. The highest BCUT2D eigenvalue weighted by molar-refractivity contribution is 6.30. The summed E-state index contributed by atoms with van der Waals surface area (Å²) in [5.41, 5.74) is 1.86. The van der Waals surface area contributed by atoms with Gasteiger partial charge in [0.05, 0.1) is 0 Å². The Morgan fingerprint density at radius 2 is 1.91 bits per heavy atom. The van der Waals surface area contributed by atoms with Gasteiger partial charge in [-0.25, -0.2) is 0 Å². The number of carbonyl (C=O) groups excluding carboxylic acids is 1. The number of ether oxygens (including phenoxy) is 2. The minimum atomic E-state index is -0.00320. The molecule has 1 heterocycles. The van der Waals surface area contributed by atoms with Crippen molar-refractivity contribution in [2.75, 3.05) is 18.5 Å². The largest absolute Gasteiger partial charge is 0.486 e. The molecule has 1 aliphatic heterocycles. The van der Waals surface area contributed by atoms with Crippen molar-refractivity contribution in [1.82, 2.24) is 0 Å². The number of hydrogen-bond acceptors (Lipinski definition) is 3. The molecule has 4 rings (SSSR count). The van der Waals surface area contributed by atoms with Crippen molar-refractivity contribution in [2.45, 2.75) is 12.3 Å². The zero-order chi connectivity index (χ0) is 15.8. The molecule has 2 aromatic rings. The van der Waals surface area contributed by atoms with E-state index in [4.69, 9.17) is 21.1 Å². The Hall–Kier alpha value is -2.20. The van der Waals surface area contributed by atoms with Crippen LogP contribution in [0.4, 0.5) is 5.69 Å². The molecule has 0 unspecified atom stereocenters. The Kier molecular flexibility index (Phi) is 3.62. The Bertz CT molecular complexity index is 762. The lowest BCUT2D eigenvalue weighted by molar-refractivity contribution is -0.117. The van der Waals surface area contributed by atoms with E-state index in [1.165, 1.54) is 0 Å². The summed E-state index contributed by atoms with van der Waals surface area (Å²) in [6.45, 7) is 1.15. The summed E-state index contributed by atoms with van der Waals surface area (Å²) >= 11 is 5.94. The second-order valence-corrected chi connectivity index (χ2v) is 6.29. The lowest BCUT2D eigenvalue weighted by Gasteiger charge is -2.18. The predicted molar refractivity (Wildman–Crippen MR) is 88.4 cm³/mol. The Labute approximate surface area is 139 Å². The van der Waals surface area contributed by atoms with Crippen LogP contribution in [0.25, 0.3) is 0 Å². The summed E-state index contributed by atoms with van der Waals surface area (Å²) in [6.07, 6.45) is 0.853. The third kappa shape index (κ3) is 2.99. The number of benzene rings is 2. The van der Waals surface area contributed by atoms with Crippen LogP contribution in [0.15, 0.2) is 42.5 Å².